The SMILES string of the molecule is C=CC(CCC1=Nc2c(c(=O)n(C)c(=O)n2C)C1=C)=N/C(=C\C)CC. The van der Waals surface area contributed by atoms with Crippen molar-refractivity contribution in [2.75, 3.05) is 0 Å². The van der Waals surface area contributed by atoms with Crippen LogP contribution in [-0.2, 0) is 14.1 Å². The molecule has 1 aromatic heterocycles. The van der Waals surface area contributed by atoms with E-state index in [1.165, 1.54) is 11.6 Å². The van der Waals surface area contributed by atoms with Crippen molar-refractivity contribution in [1.82, 2.24) is 9.13 Å². The third-order valence-corrected chi connectivity index (χ3v) is 4.36. The molecule has 0 fully saturated rings. The van der Waals surface area contributed by atoms with Gasteiger partial charge in [-0.2, -0.15) is 0 Å². The van der Waals surface area contributed by atoms with Gasteiger partial charge >= 0.3 is 5.69 Å². The van der Waals surface area contributed by atoms with E-state index in [1.54, 1.807) is 13.1 Å². The molecule has 0 N–H and O–H groups in total. The van der Waals surface area contributed by atoms with Gasteiger partial charge in [0.1, 0.15) is 5.82 Å². The molecule has 1 aliphatic rings. The first-order valence-electron chi connectivity index (χ1n) is 8.28. The Morgan fingerprint density at radius 1 is 1.28 bits per heavy atom. The van der Waals surface area contributed by atoms with Gasteiger partial charge in [-0.05, 0) is 32.3 Å². The average molecular weight is 340 g/mol. The maximum atomic E-state index is 12.4. The third kappa shape index (κ3) is 3.38. The smallest absolute Gasteiger partial charge is 0.280 e. The molecule has 1 aliphatic heterocycles. The first-order valence-corrected chi connectivity index (χ1v) is 8.28. The maximum Gasteiger partial charge on any atom is 0.332 e. The molecule has 1 aromatic rings. The number of hydrogen-bond donors (Lipinski definition) is 0. The van der Waals surface area contributed by atoms with E-state index in [0.717, 1.165) is 22.4 Å². The van der Waals surface area contributed by atoms with Crippen LogP contribution in [0.1, 0.15) is 38.7 Å². The Bertz CT molecular complexity index is 939. The van der Waals surface area contributed by atoms with Gasteiger partial charge in [0.15, 0.2) is 0 Å². The predicted molar refractivity (Wildman–Crippen MR) is 104 cm³/mol. The van der Waals surface area contributed by atoms with Gasteiger partial charge in [0, 0.05) is 31.1 Å². The highest BCUT2D eigenvalue weighted by Crippen LogP contribution is 2.31. The molecule has 0 atom stereocenters. The summed E-state index contributed by atoms with van der Waals surface area (Å²) >= 11 is 0. The molecule has 6 heteroatoms. The van der Waals surface area contributed by atoms with Gasteiger partial charge in [-0.3, -0.25) is 18.9 Å². The lowest BCUT2D eigenvalue weighted by Crippen LogP contribution is -2.38. The predicted octanol–water partition coefficient (Wildman–Crippen LogP) is 2.90. The van der Waals surface area contributed by atoms with E-state index in [0.29, 0.717) is 35.5 Å². The Kier molecular flexibility index (Phi) is 5.51. The zero-order valence-electron chi connectivity index (χ0n) is 15.3. The largest absolute Gasteiger partial charge is 0.332 e. The second-order valence-corrected chi connectivity index (χ2v) is 5.88. The Morgan fingerprint density at radius 2 is 1.96 bits per heavy atom. The average Bonchev–Trinajstić information content (AvgIpc) is 2.95. The van der Waals surface area contributed by atoms with Crippen molar-refractivity contribution in [3.05, 3.63) is 57.4 Å². The minimum Gasteiger partial charge on any atom is -0.280 e. The van der Waals surface area contributed by atoms with Crippen LogP contribution in [0.15, 0.2) is 50.6 Å². The quantitative estimate of drug-likeness (QED) is 0.747. The van der Waals surface area contributed by atoms with Crippen molar-refractivity contribution in [1.29, 1.82) is 0 Å². The van der Waals surface area contributed by atoms with Gasteiger partial charge in [-0.15, -0.1) is 0 Å². The van der Waals surface area contributed by atoms with Gasteiger partial charge in [-0.1, -0.05) is 26.2 Å². The summed E-state index contributed by atoms with van der Waals surface area (Å²) in [6.07, 6.45) is 5.78. The Morgan fingerprint density at radius 3 is 2.52 bits per heavy atom. The second-order valence-electron chi connectivity index (χ2n) is 5.88. The molecule has 2 heterocycles. The topological polar surface area (TPSA) is 68.7 Å². The zero-order valence-corrected chi connectivity index (χ0v) is 15.3. The molecular formula is C19H24N4O2. The molecule has 0 amide bonds. The second kappa shape index (κ2) is 7.42. The third-order valence-electron chi connectivity index (χ3n) is 4.36. The molecule has 0 radical (unpaired) electrons. The number of hydrogen-bond acceptors (Lipinski definition) is 4. The fourth-order valence-corrected chi connectivity index (χ4v) is 2.76. The summed E-state index contributed by atoms with van der Waals surface area (Å²) in [7, 11) is 3.07. The molecule has 0 aromatic carbocycles. The van der Waals surface area contributed by atoms with Crippen molar-refractivity contribution in [2.24, 2.45) is 24.1 Å². The molecule has 0 saturated carbocycles. The summed E-state index contributed by atoms with van der Waals surface area (Å²) in [6, 6.07) is 0. The molecule has 0 unspecified atom stereocenters. The van der Waals surface area contributed by atoms with Crippen LogP contribution in [0.25, 0.3) is 5.57 Å². The number of aromatic nitrogens is 2. The molecule has 2 rings (SSSR count). The van der Waals surface area contributed by atoms with Gasteiger partial charge < -0.3 is 0 Å². The van der Waals surface area contributed by atoms with Crippen molar-refractivity contribution >= 4 is 22.8 Å². The lowest BCUT2D eigenvalue weighted by molar-refractivity contribution is 0.688. The number of rotatable bonds is 6. The van der Waals surface area contributed by atoms with E-state index >= 15 is 0 Å². The van der Waals surface area contributed by atoms with Crippen molar-refractivity contribution in [2.45, 2.75) is 33.1 Å². The molecule has 0 bridgehead atoms. The van der Waals surface area contributed by atoms with E-state index in [9.17, 15) is 9.59 Å². The van der Waals surface area contributed by atoms with Gasteiger partial charge in [0.05, 0.1) is 11.3 Å². The zero-order chi connectivity index (χ0) is 18.7. The van der Waals surface area contributed by atoms with Crippen LogP contribution in [-0.4, -0.2) is 20.6 Å². The number of nitrogens with zero attached hydrogens (tertiary/aromatic N) is 4. The fraction of sp³-hybridized carbons (Fsp3) is 0.368. The van der Waals surface area contributed by atoms with E-state index in [1.807, 2.05) is 13.0 Å². The summed E-state index contributed by atoms with van der Waals surface area (Å²) in [6.45, 7) is 11.8. The molecule has 0 aliphatic carbocycles. The van der Waals surface area contributed by atoms with Crippen LogP contribution in [0, 0.1) is 0 Å². The van der Waals surface area contributed by atoms with E-state index in [-0.39, 0.29) is 5.56 Å². The highest BCUT2D eigenvalue weighted by Gasteiger charge is 2.26. The van der Waals surface area contributed by atoms with Gasteiger partial charge in [-0.25, -0.2) is 9.79 Å². The molecule has 132 valence electrons. The van der Waals surface area contributed by atoms with Crippen LogP contribution in [0.4, 0.5) is 5.82 Å². The lowest BCUT2D eigenvalue weighted by atomic mass is 10.0. The summed E-state index contributed by atoms with van der Waals surface area (Å²) < 4.78 is 2.46. The lowest BCUT2D eigenvalue weighted by Gasteiger charge is -2.07. The summed E-state index contributed by atoms with van der Waals surface area (Å²) in [4.78, 5) is 33.5. The van der Waals surface area contributed by atoms with Gasteiger partial charge in [0.25, 0.3) is 5.56 Å². The highest BCUT2D eigenvalue weighted by atomic mass is 16.2. The van der Waals surface area contributed by atoms with Crippen LogP contribution in [0.2, 0.25) is 0 Å². The normalized spacial score (nSPS) is 14.6. The van der Waals surface area contributed by atoms with Gasteiger partial charge in [0.2, 0.25) is 0 Å². The van der Waals surface area contributed by atoms with Crippen molar-refractivity contribution < 1.29 is 0 Å². The van der Waals surface area contributed by atoms with Crippen LogP contribution in [0.5, 0.6) is 0 Å². The highest BCUT2D eigenvalue weighted by molar-refractivity contribution is 6.28. The molecule has 0 spiro atoms. The molecule has 0 saturated heterocycles. The Balaban J connectivity index is 2.32. The van der Waals surface area contributed by atoms with E-state index in [4.69, 9.17) is 0 Å². The van der Waals surface area contributed by atoms with Crippen LogP contribution in [0.3, 0.4) is 0 Å². The standard InChI is InChI=1S/C19H24N4O2/c1-7-13(8-2)20-14(9-3)10-11-15-12(4)16-17(21-15)22(5)19(25)23(6)18(16)24/h7,9H,3-4,8,10-11H2,1-2,5-6H3/b13-7-,20-14?. The van der Waals surface area contributed by atoms with Crippen molar-refractivity contribution in [3.63, 3.8) is 0 Å². The minimum absolute atomic E-state index is 0.360. The number of fused-ring (bicyclic) bond motifs is 1. The fourth-order valence-electron chi connectivity index (χ4n) is 2.76. The van der Waals surface area contributed by atoms with Crippen LogP contribution >= 0.6 is 0 Å². The maximum absolute atomic E-state index is 12.4. The molecule has 25 heavy (non-hydrogen) atoms. The van der Waals surface area contributed by atoms with Crippen molar-refractivity contribution in [3.8, 4) is 0 Å². The van der Waals surface area contributed by atoms with Crippen LogP contribution < -0.4 is 11.2 Å². The van der Waals surface area contributed by atoms with E-state index < -0.39 is 5.69 Å². The Labute approximate surface area is 147 Å². The number of aliphatic imine (C=N–C) groups is 2. The first kappa shape index (κ1) is 18.6. The summed E-state index contributed by atoms with van der Waals surface area (Å²) in [5.74, 6) is 0.382. The molecule has 6 nitrogen and oxygen atoms in total. The Hall–Kier alpha value is -2.76. The molecular weight excluding hydrogens is 316 g/mol. The summed E-state index contributed by atoms with van der Waals surface area (Å²) in [5.41, 5.74) is 2.80. The first-order chi connectivity index (χ1) is 11.8. The van der Waals surface area contributed by atoms with E-state index in [2.05, 4.69) is 30.1 Å². The summed E-state index contributed by atoms with van der Waals surface area (Å²) in [5, 5.41) is 0. The monoisotopic (exact) mass is 340 g/mol. The number of allylic oxidation sites excluding steroid dienone is 4. The minimum atomic E-state index is -0.393.